The SMILES string of the molecule is O=C(NC[C@H]1CCCCO1)N1CCC(c2ccccc2)CC1. The van der Waals surface area contributed by atoms with E-state index in [0.29, 0.717) is 12.5 Å². The molecular formula is C18H26N2O2. The van der Waals surface area contributed by atoms with Crippen molar-refractivity contribution in [2.75, 3.05) is 26.2 Å². The second-order valence-corrected chi connectivity index (χ2v) is 6.35. The zero-order valence-electron chi connectivity index (χ0n) is 13.2. The van der Waals surface area contributed by atoms with Crippen molar-refractivity contribution in [3.05, 3.63) is 35.9 Å². The van der Waals surface area contributed by atoms with E-state index in [-0.39, 0.29) is 12.1 Å². The molecule has 0 radical (unpaired) electrons. The van der Waals surface area contributed by atoms with Crippen LogP contribution in [0.3, 0.4) is 0 Å². The molecule has 0 bridgehead atoms. The smallest absolute Gasteiger partial charge is 0.317 e. The molecule has 0 aromatic heterocycles. The minimum absolute atomic E-state index is 0.0701. The lowest BCUT2D eigenvalue weighted by Crippen LogP contribution is -2.46. The molecule has 2 aliphatic rings. The topological polar surface area (TPSA) is 41.6 Å². The minimum Gasteiger partial charge on any atom is -0.376 e. The van der Waals surface area contributed by atoms with Gasteiger partial charge in [0.05, 0.1) is 6.10 Å². The van der Waals surface area contributed by atoms with Crippen molar-refractivity contribution in [3.8, 4) is 0 Å². The molecule has 2 fully saturated rings. The number of hydrogen-bond acceptors (Lipinski definition) is 2. The van der Waals surface area contributed by atoms with Gasteiger partial charge in [0, 0.05) is 26.2 Å². The summed E-state index contributed by atoms with van der Waals surface area (Å²) in [5.41, 5.74) is 1.40. The number of urea groups is 1. The van der Waals surface area contributed by atoms with Gasteiger partial charge in [0.2, 0.25) is 0 Å². The van der Waals surface area contributed by atoms with Crippen LogP contribution in [0.5, 0.6) is 0 Å². The Bertz CT molecular complexity index is 463. The first-order valence-electron chi connectivity index (χ1n) is 8.52. The number of carbonyl (C=O) groups excluding carboxylic acids is 1. The Morgan fingerprint density at radius 1 is 1.14 bits per heavy atom. The predicted molar refractivity (Wildman–Crippen MR) is 87.0 cm³/mol. The van der Waals surface area contributed by atoms with E-state index in [2.05, 4.69) is 35.6 Å². The second-order valence-electron chi connectivity index (χ2n) is 6.35. The molecule has 2 heterocycles. The van der Waals surface area contributed by atoms with Gasteiger partial charge in [0.25, 0.3) is 0 Å². The van der Waals surface area contributed by atoms with Crippen LogP contribution >= 0.6 is 0 Å². The molecule has 4 nitrogen and oxygen atoms in total. The van der Waals surface area contributed by atoms with Crippen molar-refractivity contribution >= 4 is 6.03 Å². The maximum absolute atomic E-state index is 12.2. The van der Waals surface area contributed by atoms with Crippen LogP contribution in [0.15, 0.2) is 30.3 Å². The lowest BCUT2D eigenvalue weighted by atomic mass is 9.90. The van der Waals surface area contributed by atoms with Gasteiger partial charge in [-0.2, -0.15) is 0 Å². The van der Waals surface area contributed by atoms with Crippen LogP contribution in [0, 0.1) is 0 Å². The molecule has 1 atom stereocenters. The standard InChI is InChI=1S/C18H26N2O2/c21-18(19-14-17-8-4-5-13-22-17)20-11-9-16(10-12-20)15-6-2-1-3-7-15/h1-3,6-7,16-17H,4-5,8-14H2,(H,19,21)/t17-/m1/s1. The van der Waals surface area contributed by atoms with Crippen LogP contribution in [0.2, 0.25) is 0 Å². The molecule has 0 aliphatic carbocycles. The summed E-state index contributed by atoms with van der Waals surface area (Å²) >= 11 is 0. The quantitative estimate of drug-likeness (QED) is 0.932. The Labute approximate surface area is 132 Å². The van der Waals surface area contributed by atoms with Crippen LogP contribution in [0.4, 0.5) is 4.79 Å². The van der Waals surface area contributed by atoms with Gasteiger partial charge < -0.3 is 15.0 Å². The number of amides is 2. The average Bonchev–Trinajstić information content (AvgIpc) is 2.61. The van der Waals surface area contributed by atoms with E-state index in [1.807, 2.05) is 4.90 Å². The van der Waals surface area contributed by atoms with Crippen molar-refractivity contribution in [1.29, 1.82) is 0 Å². The van der Waals surface area contributed by atoms with Crippen molar-refractivity contribution in [3.63, 3.8) is 0 Å². The van der Waals surface area contributed by atoms with Gasteiger partial charge in [0.15, 0.2) is 0 Å². The molecule has 0 spiro atoms. The third-order valence-corrected chi connectivity index (χ3v) is 4.81. The highest BCUT2D eigenvalue weighted by atomic mass is 16.5. The molecule has 1 aromatic rings. The third-order valence-electron chi connectivity index (χ3n) is 4.81. The van der Waals surface area contributed by atoms with Crippen LogP contribution in [-0.4, -0.2) is 43.3 Å². The van der Waals surface area contributed by atoms with Crippen LogP contribution in [-0.2, 0) is 4.74 Å². The summed E-state index contributed by atoms with van der Waals surface area (Å²) in [6, 6.07) is 10.7. The zero-order valence-corrected chi connectivity index (χ0v) is 13.2. The number of likely N-dealkylation sites (tertiary alicyclic amines) is 1. The first kappa shape index (κ1) is 15.3. The summed E-state index contributed by atoms with van der Waals surface area (Å²) in [5.74, 6) is 0.590. The first-order chi connectivity index (χ1) is 10.8. The molecule has 22 heavy (non-hydrogen) atoms. The number of nitrogens with one attached hydrogen (secondary N) is 1. The molecule has 1 N–H and O–H groups in total. The fourth-order valence-electron chi connectivity index (χ4n) is 3.42. The Hall–Kier alpha value is -1.55. The molecule has 0 saturated carbocycles. The van der Waals surface area contributed by atoms with E-state index >= 15 is 0 Å². The van der Waals surface area contributed by atoms with Gasteiger partial charge in [-0.25, -0.2) is 4.79 Å². The van der Waals surface area contributed by atoms with Gasteiger partial charge in [-0.1, -0.05) is 30.3 Å². The molecule has 1 aromatic carbocycles. The number of benzene rings is 1. The molecule has 120 valence electrons. The lowest BCUT2D eigenvalue weighted by Gasteiger charge is -2.33. The fourth-order valence-corrected chi connectivity index (χ4v) is 3.42. The predicted octanol–water partition coefficient (Wildman–Crippen LogP) is 3.14. The summed E-state index contributed by atoms with van der Waals surface area (Å²) in [6.07, 6.45) is 5.74. The number of carbonyl (C=O) groups is 1. The zero-order chi connectivity index (χ0) is 15.2. The van der Waals surface area contributed by atoms with Crippen LogP contribution in [0.1, 0.15) is 43.6 Å². The molecule has 3 rings (SSSR count). The van der Waals surface area contributed by atoms with Crippen molar-refractivity contribution < 1.29 is 9.53 Å². The summed E-state index contributed by atoms with van der Waals surface area (Å²) in [6.45, 7) is 3.17. The van der Waals surface area contributed by atoms with E-state index in [0.717, 1.165) is 45.4 Å². The second kappa shape index (κ2) is 7.63. The first-order valence-corrected chi connectivity index (χ1v) is 8.52. The highest BCUT2D eigenvalue weighted by Gasteiger charge is 2.24. The molecular weight excluding hydrogens is 276 g/mol. The summed E-state index contributed by atoms with van der Waals surface area (Å²) in [5, 5.41) is 3.04. The molecule has 0 unspecified atom stereocenters. The van der Waals surface area contributed by atoms with Gasteiger partial charge in [-0.3, -0.25) is 0 Å². The van der Waals surface area contributed by atoms with E-state index in [1.54, 1.807) is 0 Å². The highest BCUT2D eigenvalue weighted by Crippen LogP contribution is 2.27. The number of nitrogens with zero attached hydrogens (tertiary/aromatic N) is 1. The largest absolute Gasteiger partial charge is 0.376 e. The molecule has 2 saturated heterocycles. The van der Waals surface area contributed by atoms with E-state index in [9.17, 15) is 4.79 Å². The number of hydrogen-bond donors (Lipinski definition) is 1. The van der Waals surface area contributed by atoms with Gasteiger partial charge in [-0.05, 0) is 43.6 Å². The van der Waals surface area contributed by atoms with Crippen molar-refractivity contribution in [2.24, 2.45) is 0 Å². The minimum atomic E-state index is 0.0701. The highest BCUT2D eigenvalue weighted by molar-refractivity contribution is 5.74. The Morgan fingerprint density at radius 2 is 1.91 bits per heavy atom. The van der Waals surface area contributed by atoms with E-state index in [1.165, 1.54) is 12.0 Å². The monoisotopic (exact) mass is 302 g/mol. The third kappa shape index (κ3) is 4.01. The van der Waals surface area contributed by atoms with Crippen molar-refractivity contribution in [2.45, 2.75) is 44.1 Å². The van der Waals surface area contributed by atoms with Crippen LogP contribution < -0.4 is 5.32 Å². The van der Waals surface area contributed by atoms with E-state index < -0.39 is 0 Å². The molecule has 2 amide bonds. The maximum atomic E-state index is 12.2. The van der Waals surface area contributed by atoms with E-state index in [4.69, 9.17) is 4.74 Å². The maximum Gasteiger partial charge on any atom is 0.317 e. The van der Waals surface area contributed by atoms with Gasteiger partial charge >= 0.3 is 6.03 Å². The summed E-state index contributed by atoms with van der Waals surface area (Å²) in [7, 11) is 0. The average molecular weight is 302 g/mol. The van der Waals surface area contributed by atoms with Crippen LogP contribution in [0.25, 0.3) is 0 Å². The number of piperidine rings is 1. The Kier molecular flexibility index (Phi) is 5.33. The normalized spacial score (nSPS) is 23.3. The number of rotatable bonds is 3. The summed E-state index contributed by atoms with van der Waals surface area (Å²) < 4.78 is 5.66. The number of ether oxygens (including phenoxy) is 1. The van der Waals surface area contributed by atoms with Crippen molar-refractivity contribution in [1.82, 2.24) is 10.2 Å². The molecule has 2 aliphatic heterocycles. The Morgan fingerprint density at radius 3 is 2.59 bits per heavy atom. The van der Waals surface area contributed by atoms with Gasteiger partial charge in [0.1, 0.15) is 0 Å². The lowest BCUT2D eigenvalue weighted by molar-refractivity contribution is 0.0176. The Balaban J connectivity index is 1.41. The summed E-state index contributed by atoms with van der Waals surface area (Å²) in [4.78, 5) is 14.2. The fraction of sp³-hybridized carbons (Fsp3) is 0.611. The van der Waals surface area contributed by atoms with Gasteiger partial charge in [-0.15, -0.1) is 0 Å². The molecule has 4 heteroatoms.